The smallest absolute Gasteiger partial charge is 0.313 e. The molecule has 68 valence electrons. The van der Waals surface area contributed by atoms with Crippen LogP contribution in [0.1, 0.15) is 25.7 Å². The molecule has 3 nitrogen and oxygen atoms in total. The zero-order valence-corrected chi connectivity index (χ0v) is 7.12. The summed E-state index contributed by atoms with van der Waals surface area (Å²) >= 11 is 0. The van der Waals surface area contributed by atoms with Crippen LogP contribution in [0.15, 0.2) is 12.8 Å². The van der Waals surface area contributed by atoms with Crippen LogP contribution >= 0.6 is 0 Å². The highest BCUT2D eigenvalue weighted by molar-refractivity contribution is 5.70. The molecule has 1 aliphatic rings. The fraction of sp³-hybridized carbons (Fsp3) is 0.667. The van der Waals surface area contributed by atoms with Gasteiger partial charge in [-0.15, -0.1) is 0 Å². The van der Waals surface area contributed by atoms with Gasteiger partial charge in [0.15, 0.2) is 0 Å². The van der Waals surface area contributed by atoms with Gasteiger partial charge in [0.25, 0.3) is 0 Å². The fourth-order valence-electron chi connectivity index (χ4n) is 1.30. The van der Waals surface area contributed by atoms with Crippen molar-refractivity contribution in [3.8, 4) is 0 Å². The van der Waals surface area contributed by atoms with Crippen molar-refractivity contribution in [1.82, 2.24) is 0 Å². The van der Waals surface area contributed by atoms with Crippen molar-refractivity contribution in [3.63, 3.8) is 0 Å². The van der Waals surface area contributed by atoms with E-state index in [-0.39, 0.29) is 12.1 Å². The number of esters is 1. The lowest BCUT2D eigenvalue weighted by Gasteiger charge is -2.21. The highest BCUT2D eigenvalue weighted by Gasteiger charge is 2.17. The molecule has 1 aliphatic heterocycles. The Morgan fingerprint density at radius 3 is 3.08 bits per heavy atom. The fourth-order valence-corrected chi connectivity index (χ4v) is 1.30. The van der Waals surface area contributed by atoms with Gasteiger partial charge in [0, 0.05) is 6.61 Å². The Hall–Kier alpha value is -0.830. The van der Waals surface area contributed by atoms with Crippen LogP contribution < -0.4 is 0 Å². The normalized spacial score (nSPS) is 23.2. The zero-order valence-electron chi connectivity index (χ0n) is 7.12. The monoisotopic (exact) mass is 170 g/mol. The summed E-state index contributed by atoms with van der Waals surface area (Å²) in [5.41, 5.74) is 0. The maximum atomic E-state index is 10.9. The van der Waals surface area contributed by atoms with E-state index in [9.17, 15) is 4.79 Å². The molecule has 0 amide bonds. The van der Waals surface area contributed by atoms with Gasteiger partial charge >= 0.3 is 5.97 Å². The van der Waals surface area contributed by atoms with Crippen LogP contribution in [0, 0.1) is 0 Å². The van der Waals surface area contributed by atoms with E-state index in [0.29, 0.717) is 6.42 Å². The molecule has 0 N–H and O–H groups in total. The summed E-state index contributed by atoms with van der Waals surface area (Å²) in [7, 11) is 0. The third-order valence-electron chi connectivity index (χ3n) is 1.88. The summed E-state index contributed by atoms with van der Waals surface area (Å²) in [6.07, 6.45) is 4.79. The van der Waals surface area contributed by atoms with Gasteiger partial charge in [0.05, 0.1) is 18.8 Å². The molecule has 3 heteroatoms. The van der Waals surface area contributed by atoms with Crippen molar-refractivity contribution >= 4 is 5.97 Å². The summed E-state index contributed by atoms with van der Waals surface area (Å²) in [5, 5.41) is 0. The van der Waals surface area contributed by atoms with Crippen LogP contribution in [0.2, 0.25) is 0 Å². The number of carbonyl (C=O) groups excluding carboxylic acids is 1. The molecule has 1 atom stereocenters. The van der Waals surface area contributed by atoms with E-state index in [1.165, 1.54) is 0 Å². The maximum absolute atomic E-state index is 10.9. The molecule has 0 bridgehead atoms. The van der Waals surface area contributed by atoms with Gasteiger partial charge in [-0.3, -0.25) is 4.79 Å². The van der Waals surface area contributed by atoms with E-state index in [0.717, 1.165) is 32.1 Å². The van der Waals surface area contributed by atoms with Gasteiger partial charge in [-0.1, -0.05) is 6.58 Å². The molecule has 0 aliphatic carbocycles. The molecule has 0 aromatic carbocycles. The van der Waals surface area contributed by atoms with E-state index in [1.54, 1.807) is 0 Å². The minimum atomic E-state index is -0.253. The molecule has 0 aromatic rings. The van der Waals surface area contributed by atoms with Gasteiger partial charge in [0.1, 0.15) is 0 Å². The Labute approximate surface area is 72.4 Å². The largest absolute Gasteiger partial charge is 0.435 e. The van der Waals surface area contributed by atoms with E-state index in [2.05, 4.69) is 11.3 Å². The minimum absolute atomic E-state index is 0.0613. The first kappa shape index (κ1) is 9.26. The van der Waals surface area contributed by atoms with Gasteiger partial charge in [-0.25, -0.2) is 0 Å². The molecule has 1 rings (SSSR count). The second-order valence-electron chi connectivity index (χ2n) is 2.85. The number of ether oxygens (including phenoxy) is 2. The summed E-state index contributed by atoms with van der Waals surface area (Å²) in [5.74, 6) is -0.253. The van der Waals surface area contributed by atoms with Gasteiger partial charge in [-0.2, -0.15) is 0 Å². The van der Waals surface area contributed by atoms with Crippen LogP contribution in [0.3, 0.4) is 0 Å². The standard InChI is InChI=1S/C9H14O3/c1-2-11-9(10)7-8-5-3-4-6-12-8/h2,8H,1,3-7H2. The third-order valence-corrected chi connectivity index (χ3v) is 1.88. The molecule has 1 heterocycles. The zero-order chi connectivity index (χ0) is 8.81. The Balaban J connectivity index is 2.19. The SMILES string of the molecule is C=COC(=O)CC1CCCCO1. The predicted molar refractivity (Wildman–Crippen MR) is 44.5 cm³/mol. The number of carbonyl (C=O) groups is 1. The van der Waals surface area contributed by atoms with Crippen LogP contribution in [0.4, 0.5) is 0 Å². The summed E-state index contributed by atoms with van der Waals surface area (Å²) in [4.78, 5) is 10.9. The molecule has 0 radical (unpaired) electrons. The Morgan fingerprint density at radius 2 is 2.50 bits per heavy atom. The van der Waals surface area contributed by atoms with Crippen LogP contribution in [0.5, 0.6) is 0 Å². The molecule has 1 unspecified atom stereocenters. The average Bonchev–Trinajstić information content (AvgIpc) is 2.06. The summed E-state index contributed by atoms with van der Waals surface area (Å²) < 4.78 is 9.95. The molecule has 1 saturated heterocycles. The quantitative estimate of drug-likeness (QED) is 0.477. The first-order valence-electron chi connectivity index (χ1n) is 4.25. The highest BCUT2D eigenvalue weighted by Crippen LogP contribution is 2.15. The van der Waals surface area contributed by atoms with Gasteiger partial charge in [0.2, 0.25) is 0 Å². The molecule has 0 spiro atoms. The van der Waals surface area contributed by atoms with E-state index < -0.39 is 0 Å². The minimum Gasteiger partial charge on any atom is -0.435 e. The first-order chi connectivity index (χ1) is 5.83. The Kier molecular flexibility index (Phi) is 3.80. The summed E-state index contributed by atoms with van der Waals surface area (Å²) in [6, 6.07) is 0. The average molecular weight is 170 g/mol. The lowest BCUT2D eigenvalue weighted by Crippen LogP contribution is -2.22. The van der Waals surface area contributed by atoms with E-state index in [1.807, 2.05) is 0 Å². The molecular weight excluding hydrogens is 156 g/mol. The van der Waals surface area contributed by atoms with Crippen LogP contribution in [-0.4, -0.2) is 18.7 Å². The molecule has 0 aromatic heterocycles. The van der Waals surface area contributed by atoms with Crippen LogP contribution in [0.25, 0.3) is 0 Å². The topological polar surface area (TPSA) is 35.5 Å². The number of rotatable bonds is 3. The van der Waals surface area contributed by atoms with Crippen molar-refractivity contribution < 1.29 is 14.3 Å². The Morgan fingerprint density at radius 1 is 1.67 bits per heavy atom. The van der Waals surface area contributed by atoms with Crippen molar-refractivity contribution in [2.75, 3.05) is 6.61 Å². The lowest BCUT2D eigenvalue weighted by molar-refractivity contribution is -0.142. The highest BCUT2D eigenvalue weighted by atomic mass is 16.5. The second-order valence-corrected chi connectivity index (χ2v) is 2.85. The maximum Gasteiger partial charge on any atom is 0.313 e. The van der Waals surface area contributed by atoms with Gasteiger partial charge < -0.3 is 9.47 Å². The van der Waals surface area contributed by atoms with E-state index in [4.69, 9.17) is 4.74 Å². The van der Waals surface area contributed by atoms with Crippen molar-refractivity contribution in [2.24, 2.45) is 0 Å². The third kappa shape index (κ3) is 3.05. The predicted octanol–water partition coefficient (Wildman–Crippen LogP) is 1.63. The lowest BCUT2D eigenvalue weighted by atomic mass is 10.1. The van der Waals surface area contributed by atoms with Crippen molar-refractivity contribution in [1.29, 1.82) is 0 Å². The number of hydrogen-bond acceptors (Lipinski definition) is 3. The second kappa shape index (κ2) is 4.93. The molecule has 1 fully saturated rings. The summed E-state index contributed by atoms with van der Waals surface area (Å²) in [6.45, 7) is 4.08. The van der Waals surface area contributed by atoms with Crippen LogP contribution in [-0.2, 0) is 14.3 Å². The molecule has 0 saturated carbocycles. The van der Waals surface area contributed by atoms with E-state index >= 15 is 0 Å². The van der Waals surface area contributed by atoms with Crippen molar-refractivity contribution in [2.45, 2.75) is 31.8 Å². The molecular formula is C9H14O3. The van der Waals surface area contributed by atoms with Gasteiger partial charge in [-0.05, 0) is 19.3 Å². The number of hydrogen-bond donors (Lipinski definition) is 0. The first-order valence-corrected chi connectivity index (χ1v) is 4.25. The van der Waals surface area contributed by atoms with Crippen molar-refractivity contribution in [3.05, 3.63) is 12.8 Å². The molecule has 12 heavy (non-hydrogen) atoms. The Bertz CT molecular complexity index is 159.